The predicted octanol–water partition coefficient (Wildman–Crippen LogP) is -0.359. The summed E-state index contributed by atoms with van der Waals surface area (Å²) in [5, 5.41) is 0. The first kappa shape index (κ1) is 41.5. The minimum Gasteiger partial charge on any atom is -0.870 e. The SMILES string of the molecule is [Hg+2].[Hg].[OH-].[OH-]. The van der Waals surface area contributed by atoms with Gasteiger partial charge in [-0.2, -0.15) is 0 Å². The van der Waals surface area contributed by atoms with Crippen molar-refractivity contribution >= 4 is 0 Å². The van der Waals surface area contributed by atoms with Crippen molar-refractivity contribution in [2.75, 3.05) is 0 Å². The number of hydrogen-bond acceptors (Lipinski definition) is 2. The minimum atomic E-state index is 0. The van der Waals surface area contributed by atoms with Gasteiger partial charge >= 0.3 is 27.7 Å². The quantitative estimate of drug-likeness (QED) is 0.489. The van der Waals surface area contributed by atoms with E-state index in [9.17, 15) is 0 Å². The van der Waals surface area contributed by atoms with Gasteiger partial charge in [0, 0.05) is 27.7 Å². The van der Waals surface area contributed by atoms with Crippen LogP contribution in [0, 0.1) is 0 Å². The third-order valence-corrected chi connectivity index (χ3v) is 0. The zero-order chi connectivity index (χ0) is 0. The molecule has 18 valence electrons. The normalized spacial score (nSPS) is 0. The van der Waals surface area contributed by atoms with Crippen LogP contribution in [0.5, 0.6) is 0 Å². The van der Waals surface area contributed by atoms with Gasteiger partial charge in [0.25, 0.3) is 0 Å². The fraction of sp³-hybridized carbons (Fsp3) is 0. The summed E-state index contributed by atoms with van der Waals surface area (Å²) in [7, 11) is 0. The average Bonchev–Trinajstić information content (AvgIpc) is 0. The molecule has 0 atom stereocenters. The molecule has 4 heteroatoms. The largest absolute Gasteiger partial charge is 2.00 e. The van der Waals surface area contributed by atoms with Gasteiger partial charge in [-0.1, -0.05) is 0 Å². The van der Waals surface area contributed by atoms with Crippen LogP contribution in [0.1, 0.15) is 0 Å². The molecular weight excluding hydrogens is 433 g/mol. The maximum Gasteiger partial charge on any atom is 2.00 e. The molecule has 0 aromatic heterocycles. The molecule has 0 aliphatic carbocycles. The van der Waals surface area contributed by atoms with Crippen LogP contribution in [0.25, 0.3) is 0 Å². The first-order valence-electron chi connectivity index (χ1n) is 0. The van der Waals surface area contributed by atoms with Gasteiger partial charge in [-0.3, -0.25) is 0 Å². The summed E-state index contributed by atoms with van der Waals surface area (Å²) in [5.41, 5.74) is 0. The van der Waals surface area contributed by atoms with Gasteiger partial charge < -0.3 is 11.0 Å². The number of hydrogen-bond donors (Lipinski definition) is 0. The van der Waals surface area contributed by atoms with E-state index in [1.54, 1.807) is 0 Å². The maximum absolute atomic E-state index is 0. The Morgan fingerprint density at radius 2 is 0.750 bits per heavy atom. The van der Waals surface area contributed by atoms with Crippen molar-refractivity contribution in [2.45, 2.75) is 0 Å². The summed E-state index contributed by atoms with van der Waals surface area (Å²) in [6, 6.07) is 0. The van der Waals surface area contributed by atoms with Crippen LogP contribution in [0.15, 0.2) is 0 Å². The molecule has 0 unspecified atom stereocenters. The fourth-order valence-corrected chi connectivity index (χ4v) is 0. The van der Waals surface area contributed by atoms with Crippen LogP contribution in [0.4, 0.5) is 0 Å². The van der Waals surface area contributed by atoms with E-state index in [1.165, 1.54) is 0 Å². The molecule has 0 aliphatic heterocycles. The summed E-state index contributed by atoms with van der Waals surface area (Å²) in [6.45, 7) is 0. The first-order chi connectivity index (χ1) is 0. The summed E-state index contributed by atoms with van der Waals surface area (Å²) >= 11 is 0. The molecule has 0 radical (unpaired) electrons. The molecule has 0 aromatic carbocycles. The van der Waals surface area contributed by atoms with E-state index in [2.05, 4.69) is 0 Å². The Balaban J connectivity index is 0. The topological polar surface area (TPSA) is 60.0 Å². The second-order valence-electron chi connectivity index (χ2n) is 0. The fourth-order valence-electron chi connectivity index (χ4n) is 0. The molecule has 0 spiro atoms. The van der Waals surface area contributed by atoms with Crippen LogP contribution in [-0.4, -0.2) is 11.0 Å². The average molecular weight is 435 g/mol. The van der Waals surface area contributed by atoms with Crippen LogP contribution in [0.2, 0.25) is 0 Å². The Morgan fingerprint density at radius 3 is 0.750 bits per heavy atom. The van der Waals surface area contributed by atoms with E-state index in [0.717, 1.165) is 0 Å². The molecule has 0 aromatic rings. The standard InChI is InChI=1S/2Hg.2H2O/h;;2*1H2/q;+2;;/p-2. The van der Waals surface area contributed by atoms with Crippen LogP contribution in [0.3, 0.4) is 0 Å². The van der Waals surface area contributed by atoms with E-state index in [0.29, 0.717) is 0 Å². The molecular formula is H2Hg2O2. The smallest absolute Gasteiger partial charge is 0.870 e. The molecule has 0 saturated heterocycles. The first-order valence-corrected chi connectivity index (χ1v) is 0. The second-order valence-corrected chi connectivity index (χ2v) is 0. The molecule has 0 rings (SSSR count). The number of rotatable bonds is 0. The molecule has 0 aliphatic rings. The molecule has 0 heterocycles. The summed E-state index contributed by atoms with van der Waals surface area (Å²) in [4.78, 5) is 0. The summed E-state index contributed by atoms with van der Waals surface area (Å²) < 4.78 is 0. The molecule has 0 bridgehead atoms. The Bertz CT molecular complexity index is 4.00. The van der Waals surface area contributed by atoms with E-state index < -0.39 is 0 Å². The minimum absolute atomic E-state index is 0. The van der Waals surface area contributed by atoms with E-state index in [4.69, 9.17) is 0 Å². The van der Waals surface area contributed by atoms with Crippen molar-refractivity contribution in [3.8, 4) is 0 Å². The van der Waals surface area contributed by atoms with Crippen LogP contribution in [-0.2, 0) is 55.3 Å². The molecule has 0 fully saturated rings. The molecule has 4 heavy (non-hydrogen) atoms. The maximum atomic E-state index is 0. The van der Waals surface area contributed by atoms with E-state index >= 15 is 0 Å². The summed E-state index contributed by atoms with van der Waals surface area (Å²) in [5.74, 6) is 0. The van der Waals surface area contributed by atoms with Gasteiger partial charge in [0.15, 0.2) is 0 Å². The molecule has 2 nitrogen and oxygen atoms in total. The van der Waals surface area contributed by atoms with Crippen molar-refractivity contribution < 1.29 is 66.3 Å². The Hall–Kier alpha value is 1.79. The van der Waals surface area contributed by atoms with E-state index in [-0.39, 0.29) is 66.3 Å². The van der Waals surface area contributed by atoms with Crippen molar-refractivity contribution in [1.29, 1.82) is 0 Å². The molecule has 2 N–H and O–H groups in total. The second kappa shape index (κ2) is 21.5. The van der Waals surface area contributed by atoms with Crippen molar-refractivity contribution in [3.63, 3.8) is 0 Å². The van der Waals surface area contributed by atoms with E-state index in [1.807, 2.05) is 0 Å². The van der Waals surface area contributed by atoms with Crippen molar-refractivity contribution in [1.82, 2.24) is 0 Å². The van der Waals surface area contributed by atoms with Gasteiger partial charge in [-0.05, 0) is 0 Å². The monoisotopic (exact) mass is 438 g/mol. The zero-order valence-electron chi connectivity index (χ0n) is 2.31. The van der Waals surface area contributed by atoms with Crippen LogP contribution < -0.4 is 0 Å². The molecule has 0 amide bonds. The van der Waals surface area contributed by atoms with Gasteiger partial charge in [-0.25, -0.2) is 0 Å². The van der Waals surface area contributed by atoms with Crippen molar-refractivity contribution in [2.24, 2.45) is 0 Å². The van der Waals surface area contributed by atoms with Crippen molar-refractivity contribution in [3.05, 3.63) is 0 Å². The summed E-state index contributed by atoms with van der Waals surface area (Å²) in [6.07, 6.45) is 0. The van der Waals surface area contributed by atoms with Gasteiger partial charge in [0.05, 0.1) is 0 Å². The van der Waals surface area contributed by atoms with Gasteiger partial charge in [-0.15, -0.1) is 0 Å². The van der Waals surface area contributed by atoms with Gasteiger partial charge in [0.1, 0.15) is 0 Å². The van der Waals surface area contributed by atoms with Crippen LogP contribution >= 0.6 is 0 Å². The Kier molecular flexibility index (Phi) is 223. The van der Waals surface area contributed by atoms with Gasteiger partial charge in [0.2, 0.25) is 0 Å². The molecule has 0 saturated carbocycles. The predicted molar refractivity (Wildman–Crippen MR) is 3.87 cm³/mol. The third kappa shape index (κ3) is 9.21. The zero-order valence-corrected chi connectivity index (χ0v) is 13.3. The Labute approximate surface area is 65.6 Å². The third-order valence-electron chi connectivity index (χ3n) is 0. The Morgan fingerprint density at radius 1 is 0.750 bits per heavy atom.